The lowest BCUT2D eigenvalue weighted by Gasteiger charge is -2.18. The molecule has 142 valence electrons. The average molecular weight is 397 g/mol. The third-order valence-corrected chi connectivity index (χ3v) is 4.78. The monoisotopic (exact) mass is 396 g/mol. The fraction of sp³-hybridized carbons (Fsp3) is 0.263. The summed E-state index contributed by atoms with van der Waals surface area (Å²) in [6, 6.07) is 5.27. The van der Waals surface area contributed by atoms with E-state index in [2.05, 4.69) is 5.32 Å². The first kappa shape index (κ1) is 19.2. The van der Waals surface area contributed by atoms with Crippen LogP contribution in [0.2, 0.25) is 5.02 Å². The Morgan fingerprint density at radius 1 is 1.19 bits per heavy atom. The molecule has 2 aromatic carbocycles. The van der Waals surface area contributed by atoms with Crippen LogP contribution in [0.15, 0.2) is 24.3 Å². The maximum absolute atomic E-state index is 14.0. The molecular formula is C19H16ClF3N2O2. The molecule has 2 amide bonds. The van der Waals surface area contributed by atoms with Crippen molar-refractivity contribution in [2.24, 2.45) is 5.92 Å². The first-order valence-corrected chi connectivity index (χ1v) is 8.58. The van der Waals surface area contributed by atoms with Crippen LogP contribution in [-0.4, -0.2) is 18.4 Å². The van der Waals surface area contributed by atoms with E-state index in [9.17, 15) is 22.8 Å². The molecule has 1 N–H and O–H groups in total. The molecule has 0 aliphatic carbocycles. The molecule has 27 heavy (non-hydrogen) atoms. The molecule has 1 aliphatic heterocycles. The molecule has 1 unspecified atom stereocenters. The van der Waals surface area contributed by atoms with Crippen LogP contribution >= 0.6 is 11.6 Å². The molecule has 0 bridgehead atoms. The summed E-state index contributed by atoms with van der Waals surface area (Å²) in [7, 11) is 0. The Morgan fingerprint density at radius 2 is 1.89 bits per heavy atom. The van der Waals surface area contributed by atoms with Crippen molar-refractivity contribution in [1.82, 2.24) is 0 Å². The van der Waals surface area contributed by atoms with Gasteiger partial charge in [0.25, 0.3) is 0 Å². The quantitative estimate of drug-likeness (QED) is 0.783. The van der Waals surface area contributed by atoms with Crippen molar-refractivity contribution < 1.29 is 22.8 Å². The van der Waals surface area contributed by atoms with Crippen LogP contribution in [0.1, 0.15) is 17.5 Å². The number of anilines is 2. The largest absolute Gasteiger partial charge is 0.324 e. The normalized spacial score (nSPS) is 16.7. The van der Waals surface area contributed by atoms with Gasteiger partial charge in [0.15, 0.2) is 17.5 Å². The van der Waals surface area contributed by atoms with E-state index in [-0.39, 0.29) is 13.0 Å². The lowest BCUT2D eigenvalue weighted by atomic mass is 10.1. The molecule has 2 aromatic rings. The van der Waals surface area contributed by atoms with Gasteiger partial charge in [0.05, 0.1) is 22.3 Å². The van der Waals surface area contributed by atoms with E-state index in [1.54, 1.807) is 13.0 Å². The summed E-state index contributed by atoms with van der Waals surface area (Å²) >= 11 is 6.17. The molecule has 8 heteroatoms. The van der Waals surface area contributed by atoms with Crippen LogP contribution in [-0.2, 0) is 9.59 Å². The summed E-state index contributed by atoms with van der Waals surface area (Å²) in [4.78, 5) is 25.7. The van der Waals surface area contributed by atoms with Crippen molar-refractivity contribution in [3.8, 4) is 0 Å². The molecule has 1 aliphatic rings. The molecule has 0 spiro atoms. The molecule has 0 radical (unpaired) electrons. The lowest BCUT2D eigenvalue weighted by Crippen LogP contribution is -2.29. The molecule has 1 atom stereocenters. The smallest absolute Gasteiger partial charge is 0.229 e. The minimum Gasteiger partial charge on any atom is -0.324 e. The standard InChI is InChI=1S/C19H16ClF3N2O2/c1-9-5-10(2)18(12(20)6-9)24-19(27)11-7-15(26)25(8-11)14-4-3-13(21)16(22)17(14)23/h3-6,11H,7-8H2,1-2H3,(H,24,27). The lowest BCUT2D eigenvalue weighted by molar-refractivity contribution is -0.122. The van der Waals surface area contributed by atoms with Crippen LogP contribution in [0.4, 0.5) is 24.5 Å². The van der Waals surface area contributed by atoms with E-state index in [1.807, 2.05) is 13.0 Å². The minimum absolute atomic E-state index is 0.144. The predicted molar refractivity (Wildman–Crippen MR) is 96.3 cm³/mol. The second-order valence-corrected chi connectivity index (χ2v) is 6.93. The molecule has 1 heterocycles. The number of rotatable bonds is 3. The number of nitrogens with zero attached hydrogens (tertiary/aromatic N) is 1. The van der Waals surface area contributed by atoms with Crippen molar-refractivity contribution in [1.29, 1.82) is 0 Å². The van der Waals surface area contributed by atoms with E-state index < -0.39 is 40.9 Å². The molecule has 0 aromatic heterocycles. The highest BCUT2D eigenvalue weighted by molar-refractivity contribution is 6.34. The fourth-order valence-electron chi connectivity index (χ4n) is 3.14. The van der Waals surface area contributed by atoms with Crippen LogP contribution in [0, 0.1) is 37.2 Å². The number of aryl methyl sites for hydroxylation is 2. The van der Waals surface area contributed by atoms with Gasteiger partial charge >= 0.3 is 0 Å². The summed E-state index contributed by atoms with van der Waals surface area (Å²) in [6.45, 7) is 3.51. The molecule has 1 fully saturated rings. The van der Waals surface area contributed by atoms with Crippen molar-refractivity contribution in [2.45, 2.75) is 20.3 Å². The Hall–Kier alpha value is -2.54. The predicted octanol–water partition coefficient (Wildman–Crippen LogP) is 4.37. The van der Waals surface area contributed by atoms with Gasteiger partial charge in [0.1, 0.15) is 0 Å². The van der Waals surface area contributed by atoms with Crippen molar-refractivity contribution in [3.05, 3.63) is 57.9 Å². The molecule has 0 saturated carbocycles. The number of amides is 2. The van der Waals surface area contributed by atoms with E-state index in [0.717, 1.165) is 28.2 Å². The first-order chi connectivity index (χ1) is 12.7. The highest BCUT2D eigenvalue weighted by Crippen LogP contribution is 2.32. The zero-order chi connectivity index (χ0) is 19.9. The second kappa shape index (κ2) is 7.23. The topological polar surface area (TPSA) is 49.4 Å². The number of carbonyl (C=O) groups excluding carboxylic acids is 2. The summed E-state index contributed by atoms with van der Waals surface area (Å²) in [5.74, 6) is -6.24. The second-order valence-electron chi connectivity index (χ2n) is 6.53. The van der Waals surface area contributed by atoms with Crippen molar-refractivity contribution in [2.75, 3.05) is 16.8 Å². The maximum atomic E-state index is 14.0. The van der Waals surface area contributed by atoms with Gasteiger partial charge in [-0.2, -0.15) is 0 Å². The van der Waals surface area contributed by atoms with Crippen LogP contribution in [0.5, 0.6) is 0 Å². The number of halogens is 4. The van der Waals surface area contributed by atoms with Gasteiger partial charge in [-0.1, -0.05) is 17.7 Å². The highest BCUT2D eigenvalue weighted by atomic mass is 35.5. The van der Waals surface area contributed by atoms with Gasteiger partial charge in [0, 0.05) is 13.0 Å². The van der Waals surface area contributed by atoms with E-state index in [1.165, 1.54) is 0 Å². The third kappa shape index (κ3) is 3.64. The van der Waals surface area contributed by atoms with Crippen molar-refractivity contribution >= 4 is 34.8 Å². The number of hydrogen-bond donors (Lipinski definition) is 1. The zero-order valence-corrected chi connectivity index (χ0v) is 15.3. The SMILES string of the molecule is Cc1cc(C)c(NC(=O)C2CC(=O)N(c3ccc(F)c(F)c3F)C2)c(Cl)c1. The number of hydrogen-bond acceptors (Lipinski definition) is 2. The summed E-state index contributed by atoms with van der Waals surface area (Å²) in [6.07, 6.45) is -0.174. The molecule has 3 rings (SSSR count). The highest BCUT2D eigenvalue weighted by Gasteiger charge is 2.37. The minimum atomic E-state index is -1.66. The Balaban J connectivity index is 1.80. The van der Waals surface area contributed by atoms with Crippen LogP contribution in [0.3, 0.4) is 0 Å². The van der Waals surface area contributed by atoms with E-state index in [4.69, 9.17) is 11.6 Å². The molecule has 4 nitrogen and oxygen atoms in total. The van der Waals surface area contributed by atoms with E-state index >= 15 is 0 Å². The number of benzene rings is 2. The Labute approximate surface area is 158 Å². The van der Waals surface area contributed by atoms with Gasteiger partial charge in [-0.05, 0) is 43.2 Å². The average Bonchev–Trinajstić information content (AvgIpc) is 2.98. The zero-order valence-electron chi connectivity index (χ0n) is 14.6. The van der Waals surface area contributed by atoms with Gasteiger partial charge < -0.3 is 10.2 Å². The third-order valence-electron chi connectivity index (χ3n) is 4.48. The van der Waals surface area contributed by atoms with Crippen LogP contribution in [0.25, 0.3) is 0 Å². The van der Waals surface area contributed by atoms with Gasteiger partial charge in [-0.3, -0.25) is 9.59 Å². The number of carbonyl (C=O) groups is 2. The van der Waals surface area contributed by atoms with E-state index in [0.29, 0.717) is 10.7 Å². The van der Waals surface area contributed by atoms with Crippen molar-refractivity contribution in [3.63, 3.8) is 0 Å². The fourth-order valence-corrected chi connectivity index (χ4v) is 3.51. The number of nitrogens with one attached hydrogen (secondary N) is 1. The van der Waals surface area contributed by atoms with Gasteiger partial charge in [-0.25, -0.2) is 13.2 Å². The summed E-state index contributed by atoms with van der Waals surface area (Å²) in [5, 5.41) is 3.07. The Morgan fingerprint density at radius 3 is 2.56 bits per heavy atom. The summed E-state index contributed by atoms with van der Waals surface area (Å²) < 4.78 is 40.5. The first-order valence-electron chi connectivity index (χ1n) is 8.20. The molecule has 1 saturated heterocycles. The van der Waals surface area contributed by atoms with Crippen LogP contribution < -0.4 is 10.2 Å². The Kier molecular flexibility index (Phi) is 5.15. The maximum Gasteiger partial charge on any atom is 0.229 e. The van der Waals surface area contributed by atoms with Gasteiger partial charge in [-0.15, -0.1) is 0 Å². The summed E-state index contributed by atoms with van der Waals surface area (Å²) in [5.41, 5.74) is 1.75. The molecular weight excluding hydrogens is 381 g/mol. The Bertz CT molecular complexity index is 926. The van der Waals surface area contributed by atoms with Gasteiger partial charge in [0.2, 0.25) is 11.8 Å².